The Bertz CT molecular complexity index is 420. The summed E-state index contributed by atoms with van der Waals surface area (Å²) in [7, 11) is 1.72. The summed E-state index contributed by atoms with van der Waals surface area (Å²) in [5, 5.41) is 12.0. The predicted molar refractivity (Wildman–Crippen MR) is 58.9 cm³/mol. The molecule has 0 aliphatic heterocycles. The Labute approximate surface area is 94.5 Å². The van der Waals surface area contributed by atoms with Crippen LogP contribution in [0.4, 0.5) is 5.95 Å². The lowest BCUT2D eigenvalue weighted by Crippen LogP contribution is -2.40. The highest BCUT2D eigenvalue weighted by atomic mass is 16.5. The Morgan fingerprint density at radius 2 is 2.25 bits per heavy atom. The Kier molecular flexibility index (Phi) is 3.02. The van der Waals surface area contributed by atoms with Gasteiger partial charge in [0.05, 0.1) is 6.10 Å². The topological polar surface area (TPSA) is 70.8 Å². The number of methoxy groups -OCH3 is 1. The van der Waals surface area contributed by atoms with Gasteiger partial charge in [-0.2, -0.15) is 5.26 Å². The van der Waals surface area contributed by atoms with Gasteiger partial charge in [-0.25, -0.2) is 9.97 Å². The van der Waals surface area contributed by atoms with E-state index in [0.29, 0.717) is 23.8 Å². The number of nitrogens with zero attached hydrogens (tertiary/aromatic N) is 3. The van der Waals surface area contributed by atoms with Gasteiger partial charge in [-0.15, -0.1) is 0 Å². The van der Waals surface area contributed by atoms with Crippen molar-refractivity contribution in [3.8, 4) is 6.07 Å². The lowest BCUT2D eigenvalue weighted by atomic mass is 9.89. The first-order valence-electron chi connectivity index (χ1n) is 5.26. The van der Waals surface area contributed by atoms with Crippen molar-refractivity contribution in [1.29, 1.82) is 5.26 Å². The first-order valence-corrected chi connectivity index (χ1v) is 5.26. The first-order chi connectivity index (χ1) is 7.71. The maximum absolute atomic E-state index is 8.78. The number of rotatable bonds is 3. The van der Waals surface area contributed by atoms with Crippen LogP contribution in [0.1, 0.15) is 24.2 Å². The van der Waals surface area contributed by atoms with E-state index in [1.807, 2.05) is 13.0 Å². The SMILES string of the molecule is COC1CC(Nc2nc(C)cc(C#N)n2)C1. The van der Waals surface area contributed by atoms with Gasteiger partial charge >= 0.3 is 0 Å². The summed E-state index contributed by atoms with van der Waals surface area (Å²) in [5.74, 6) is 0.538. The fourth-order valence-electron chi connectivity index (χ4n) is 1.75. The van der Waals surface area contributed by atoms with Crippen LogP contribution in [0.25, 0.3) is 0 Å². The van der Waals surface area contributed by atoms with E-state index < -0.39 is 0 Å². The third-order valence-corrected chi connectivity index (χ3v) is 2.73. The first kappa shape index (κ1) is 10.8. The van der Waals surface area contributed by atoms with Crippen LogP contribution >= 0.6 is 0 Å². The summed E-state index contributed by atoms with van der Waals surface area (Å²) in [6, 6.07) is 4.05. The van der Waals surface area contributed by atoms with Gasteiger partial charge in [0.2, 0.25) is 5.95 Å². The number of aromatic nitrogens is 2. The Morgan fingerprint density at radius 1 is 1.50 bits per heavy atom. The van der Waals surface area contributed by atoms with Crippen molar-refractivity contribution in [2.45, 2.75) is 31.9 Å². The number of anilines is 1. The van der Waals surface area contributed by atoms with E-state index in [4.69, 9.17) is 10.00 Å². The van der Waals surface area contributed by atoms with Crippen molar-refractivity contribution in [2.75, 3.05) is 12.4 Å². The second-order valence-electron chi connectivity index (χ2n) is 4.00. The highest BCUT2D eigenvalue weighted by Gasteiger charge is 2.29. The van der Waals surface area contributed by atoms with E-state index in [-0.39, 0.29) is 0 Å². The molecular weight excluding hydrogens is 204 g/mol. The van der Waals surface area contributed by atoms with Gasteiger partial charge in [0, 0.05) is 18.8 Å². The van der Waals surface area contributed by atoms with Crippen molar-refractivity contribution in [3.05, 3.63) is 17.5 Å². The van der Waals surface area contributed by atoms with Crippen LogP contribution in [0.5, 0.6) is 0 Å². The van der Waals surface area contributed by atoms with Crippen LogP contribution in [0.15, 0.2) is 6.07 Å². The van der Waals surface area contributed by atoms with Crippen molar-refractivity contribution in [3.63, 3.8) is 0 Å². The van der Waals surface area contributed by atoms with E-state index in [0.717, 1.165) is 18.5 Å². The lowest BCUT2D eigenvalue weighted by molar-refractivity contribution is 0.0327. The van der Waals surface area contributed by atoms with Crippen molar-refractivity contribution in [2.24, 2.45) is 0 Å². The Morgan fingerprint density at radius 3 is 2.88 bits per heavy atom. The molecule has 1 N–H and O–H groups in total. The zero-order valence-corrected chi connectivity index (χ0v) is 9.40. The normalized spacial score (nSPS) is 23.3. The van der Waals surface area contributed by atoms with E-state index in [2.05, 4.69) is 15.3 Å². The predicted octanol–water partition coefficient (Wildman–Crippen LogP) is 1.25. The fourth-order valence-corrected chi connectivity index (χ4v) is 1.75. The molecule has 5 heteroatoms. The smallest absolute Gasteiger partial charge is 0.224 e. The van der Waals surface area contributed by atoms with Crippen LogP contribution in [-0.2, 0) is 4.74 Å². The van der Waals surface area contributed by atoms with Gasteiger partial charge < -0.3 is 10.1 Å². The zero-order chi connectivity index (χ0) is 11.5. The maximum atomic E-state index is 8.78. The average molecular weight is 218 g/mol. The summed E-state index contributed by atoms with van der Waals surface area (Å²) < 4.78 is 5.19. The number of ether oxygens (including phenoxy) is 1. The summed E-state index contributed by atoms with van der Waals surface area (Å²) in [5.41, 5.74) is 1.20. The van der Waals surface area contributed by atoms with Crippen LogP contribution in [0.3, 0.4) is 0 Å². The third kappa shape index (κ3) is 2.28. The monoisotopic (exact) mass is 218 g/mol. The molecule has 1 aromatic rings. The summed E-state index contributed by atoms with van der Waals surface area (Å²) in [6.07, 6.45) is 2.28. The van der Waals surface area contributed by atoms with Crippen molar-refractivity contribution < 1.29 is 4.74 Å². The van der Waals surface area contributed by atoms with Crippen LogP contribution < -0.4 is 5.32 Å². The minimum atomic E-state index is 0.345. The molecule has 0 saturated heterocycles. The molecule has 84 valence electrons. The van der Waals surface area contributed by atoms with Gasteiger partial charge in [-0.1, -0.05) is 0 Å². The second kappa shape index (κ2) is 4.45. The largest absolute Gasteiger partial charge is 0.381 e. The fraction of sp³-hybridized carbons (Fsp3) is 0.545. The van der Waals surface area contributed by atoms with E-state index in [1.54, 1.807) is 13.2 Å². The number of hydrogen-bond donors (Lipinski definition) is 1. The summed E-state index contributed by atoms with van der Waals surface area (Å²) in [6.45, 7) is 1.85. The number of aryl methyl sites for hydroxylation is 1. The third-order valence-electron chi connectivity index (χ3n) is 2.73. The molecule has 1 saturated carbocycles. The molecule has 1 aliphatic carbocycles. The van der Waals surface area contributed by atoms with Crippen LogP contribution in [0, 0.1) is 18.3 Å². The summed E-state index contributed by atoms with van der Waals surface area (Å²) >= 11 is 0. The molecule has 0 unspecified atom stereocenters. The van der Waals surface area contributed by atoms with Gasteiger partial charge in [0.15, 0.2) is 0 Å². The molecule has 1 aliphatic rings. The average Bonchev–Trinajstić information content (AvgIpc) is 2.22. The lowest BCUT2D eigenvalue weighted by Gasteiger charge is -2.34. The number of nitriles is 1. The van der Waals surface area contributed by atoms with Crippen LogP contribution in [0.2, 0.25) is 0 Å². The highest BCUT2D eigenvalue weighted by molar-refractivity contribution is 5.34. The number of nitrogens with one attached hydrogen (secondary N) is 1. The Hall–Kier alpha value is -1.67. The van der Waals surface area contributed by atoms with Gasteiger partial charge in [-0.3, -0.25) is 0 Å². The zero-order valence-electron chi connectivity index (χ0n) is 9.40. The minimum Gasteiger partial charge on any atom is -0.381 e. The standard InChI is InChI=1S/C11H14N4O/c1-7-3-9(6-12)15-11(13-7)14-8-4-10(5-8)16-2/h3,8,10H,4-5H2,1-2H3,(H,13,14,15). The van der Waals surface area contributed by atoms with E-state index >= 15 is 0 Å². The quantitative estimate of drug-likeness (QED) is 0.826. The molecule has 0 amide bonds. The minimum absolute atomic E-state index is 0.345. The molecule has 0 spiro atoms. The van der Waals surface area contributed by atoms with Crippen LogP contribution in [-0.4, -0.2) is 29.2 Å². The molecule has 16 heavy (non-hydrogen) atoms. The van der Waals surface area contributed by atoms with Gasteiger partial charge in [0.25, 0.3) is 0 Å². The molecule has 1 aromatic heterocycles. The highest BCUT2D eigenvalue weighted by Crippen LogP contribution is 2.25. The molecule has 5 nitrogen and oxygen atoms in total. The maximum Gasteiger partial charge on any atom is 0.224 e. The molecule has 0 radical (unpaired) electrons. The van der Waals surface area contributed by atoms with Crippen molar-refractivity contribution in [1.82, 2.24) is 9.97 Å². The molecular formula is C11H14N4O. The summed E-state index contributed by atoms with van der Waals surface area (Å²) in [4.78, 5) is 8.34. The second-order valence-corrected chi connectivity index (χ2v) is 4.00. The number of hydrogen-bond acceptors (Lipinski definition) is 5. The molecule has 2 rings (SSSR count). The van der Waals surface area contributed by atoms with Crippen molar-refractivity contribution >= 4 is 5.95 Å². The molecule has 0 bridgehead atoms. The molecule has 0 aromatic carbocycles. The molecule has 0 atom stereocenters. The van der Waals surface area contributed by atoms with Gasteiger partial charge in [0.1, 0.15) is 11.8 Å². The van der Waals surface area contributed by atoms with E-state index in [1.165, 1.54) is 0 Å². The molecule has 1 fully saturated rings. The van der Waals surface area contributed by atoms with E-state index in [9.17, 15) is 0 Å². The molecule has 1 heterocycles. The Balaban J connectivity index is 2.00. The van der Waals surface area contributed by atoms with Gasteiger partial charge in [-0.05, 0) is 25.8 Å².